The van der Waals surface area contributed by atoms with Crippen molar-refractivity contribution in [3.63, 3.8) is 0 Å². The smallest absolute Gasteiger partial charge is 0.317 e. The lowest BCUT2D eigenvalue weighted by atomic mass is 10.0. The van der Waals surface area contributed by atoms with Gasteiger partial charge in [0.15, 0.2) is 0 Å². The lowest BCUT2D eigenvalue weighted by molar-refractivity contribution is 0.201. The van der Waals surface area contributed by atoms with E-state index in [2.05, 4.69) is 39.4 Å². The average Bonchev–Trinajstić information content (AvgIpc) is 3.31. The maximum atomic E-state index is 12.1. The molecule has 30 heavy (non-hydrogen) atoms. The first-order chi connectivity index (χ1) is 14.3. The monoisotopic (exact) mass is 437 g/mol. The molecule has 3 saturated heterocycles. The first-order valence-electron chi connectivity index (χ1n) is 10.5. The molecular weight excluding hydrogens is 406 g/mol. The highest BCUT2D eigenvalue weighted by Crippen LogP contribution is 2.34. The number of urea groups is 1. The standard InChI is InChI=1S/C20H31N5O4S/c1-30(28,29)25-9-7-22(8-10-25)18-2-4-19(5-3-18)23-12-16-14-24(15-17(16)13-23)20(27)21-6-11-26/h2-5,16-17,26H,6-15H2,1H3,(H,21,27). The third-order valence-corrected chi connectivity index (χ3v) is 7.75. The van der Waals surface area contributed by atoms with Gasteiger partial charge in [-0.05, 0) is 24.3 Å². The van der Waals surface area contributed by atoms with Crippen molar-refractivity contribution in [2.24, 2.45) is 11.8 Å². The van der Waals surface area contributed by atoms with Gasteiger partial charge in [0.2, 0.25) is 10.0 Å². The molecular formula is C20H31N5O4S. The van der Waals surface area contributed by atoms with Gasteiger partial charge in [-0.3, -0.25) is 0 Å². The highest BCUT2D eigenvalue weighted by Gasteiger charge is 2.41. The van der Waals surface area contributed by atoms with Gasteiger partial charge in [-0.1, -0.05) is 0 Å². The van der Waals surface area contributed by atoms with Crippen molar-refractivity contribution in [2.45, 2.75) is 0 Å². The van der Waals surface area contributed by atoms with Gasteiger partial charge in [0.25, 0.3) is 0 Å². The van der Waals surface area contributed by atoms with Crippen LogP contribution in [0.5, 0.6) is 0 Å². The summed E-state index contributed by atoms with van der Waals surface area (Å²) in [6.07, 6.45) is 1.27. The van der Waals surface area contributed by atoms with Crippen LogP contribution in [0, 0.1) is 11.8 Å². The number of amides is 2. The minimum Gasteiger partial charge on any atom is -0.395 e. The average molecular weight is 438 g/mol. The number of likely N-dealkylation sites (tertiary alicyclic amines) is 1. The van der Waals surface area contributed by atoms with Crippen LogP contribution in [0.1, 0.15) is 0 Å². The van der Waals surface area contributed by atoms with E-state index in [1.165, 1.54) is 16.2 Å². The van der Waals surface area contributed by atoms with E-state index in [4.69, 9.17) is 5.11 Å². The Bertz CT molecular complexity index is 840. The van der Waals surface area contributed by atoms with Crippen molar-refractivity contribution in [1.82, 2.24) is 14.5 Å². The Morgan fingerprint density at radius 2 is 1.50 bits per heavy atom. The summed E-state index contributed by atoms with van der Waals surface area (Å²) >= 11 is 0. The third-order valence-electron chi connectivity index (χ3n) is 6.45. The van der Waals surface area contributed by atoms with Crippen LogP contribution in [-0.2, 0) is 10.0 Å². The maximum Gasteiger partial charge on any atom is 0.317 e. The number of piperazine rings is 1. The third kappa shape index (κ3) is 4.50. The molecule has 0 spiro atoms. The second-order valence-corrected chi connectivity index (χ2v) is 10.4. The number of hydrogen-bond acceptors (Lipinski definition) is 6. The van der Waals surface area contributed by atoms with Gasteiger partial charge in [0.1, 0.15) is 0 Å². The summed E-state index contributed by atoms with van der Waals surface area (Å²) < 4.78 is 24.9. The fourth-order valence-corrected chi connectivity index (χ4v) is 5.62. The summed E-state index contributed by atoms with van der Waals surface area (Å²) in [6, 6.07) is 8.45. The molecule has 3 aliphatic rings. The van der Waals surface area contributed by atoms with Crippen LogP contribution in [0.3, 0.4) is 0 Å². The van der Waals surface area contributed by atoms with E-state index in [1.54, 1.807) is 0 Å². The molecule has 2 N–H and O–H groups in total. The molecule has 2 atom stereocenters. The fourth-order valence-electron chi connectivity index (χ4n) is 4.80. The number of carbonyl (C=O) groups is 1. The second-order valence-electron chi connectivity index (χ2n) is 8.45. The Balaban J connectivity index is 1.30. The normalized spacial score (nSPS) is 24.9. The number of nitrogens with zero attached hydrogens (tertiary/aromatic N) is 4. The summed E-state index contributed by atoms with van der Waals surface area (Å²) in [5.74, 6) is 0.960. The Kier molecular flexibility index (Phi) is 6.08. The van der Waals surface area contributed by atoms with E-state index in [0.717, 1.165) is 31.9 Å². The zero-order chi connectivity index (χ0) is 21.3. The minimum atomic E-state index is -3.11. The molecule has 2 amide bonds. The summed E-state index contributed by atoms with van der Waals surface area (Å²) in [5.41, 5.74) is 2.32. The van der Waals surface area contributed by atoms with Crippen LogP contribution in [0.4, 0.5) is 16.2 Å². The number of anilines is 2. The largest absolute Gasteiger partial charge is 0.395 e. The highest BCUT2D eigenvalue weighted by atomic mass is 32.2. The summed E-state index contributed by atoms with van der Waals surface area (Å²) in [4.78, 5) is 18.6. The SMILES string of the molecule is CS(=O)(=O)N1CCN(c2ccc(N3CC4CN(C(=O)NCCO)CC4C3)cc2)CC1. The van der Waals surface area contributed by atoms with E-state index in [9.17, 15) is 13.2 Å². The molecule has 2 unspecified atom stereocenters. The predicted molar refractivity (Wildman–Crippen MR) is 116 cm³/mol. The van der Waals surface area contributed by atoms with Crippen molar-refractivity contribution in [3.8, 4) is 0 Å². The van der Waals surface area contributed by atoms with Crippen LogP contribution >= 0.6 is 0 Å². The Morgan fingerprint density at radius 1 is 0.967 bits per heavy atom. The number of hydrogen-bond donors (Lipinski definition) is 2. The number of aliphatic hydroxyl groups is 1. The summed E-state index contributed by atoms with van der Waals surface area (Å²) in [6.45, 7) is 6.14. The Hall–Kier alpha value is -2.04. The first kappa shape index (κ1) is 21.2. The molecule has 1 aromatic carbocycles. The molecule has 0 radical (unpaired) electrons. The topological polar surface area (TPSA) is 96.4 Å². The van der Waals surface area contributed by atoms with Crippen molar-refractivity contribution < 1.29 is 18.3 Å². The Labute approximate surface area is 178 Å². The van der Waals surface area contributed by atoms with Crippen LogP contribution in [0.15, 0.2) is 24.3 Å². The zero-order valence-corrected chi connectivity index (χ0v) is 18.2. The molecule has 0 bridgehead atoms. The van der Waals surface area contributed by atoms with Gasteiger partial charge in [0, 0.05) is 82.1 Å². The number of aliphatic hydroxyl groups excluding tert-OH is 1. The van der Waals surface area contributed by atoms with Gasteiger partial charge < -0.3 is 25.1 Å². The lowest BCUT2D eigenvalue weighted by Gasteiger charge is -2.35. The van der Waals surface area contributed by atoms with E-state index < -0.39 is 10.0 Å². The quantitative estimate of drug-likeness (QED) is 0.665. The molecule has 0 saturated carbocycles. The molecule has 1 aromatic rings. The van der Waals surface area contributed by atoms with Crippen molar-refractivity contribution in [2.75, 3.05) is 81.6 Å². The number of benzene rings is 1. The van der Waals surface area contributed by atoms with Crippen molar-refractivity contribution in [1.29, 1.82) is 0 Å². The maximum absolute atomic E-state index is 12.1. The van der Waals surface area contributed by atoms with Gasteiger partial charge in [-0.2, -0.15) is 4.31 Å². The van der Waals surface area contributed by atoms with E-state index in [1.807, 2.05) is 4.90 Å². The number of fused-ring (bicyclic) bond motifs is 1. The van der Waals surface area contributed by atoms with Crippen LogP contribution in [-0.4, -0.2) is 101 Å². The second kappa shape index (κ2) is 8.60. The molecule has 3 fully saturated rings. The van der Waals surface area contributed by atoms with Crippen molar-refractivity contribution >= 4 is 27.4 Å². The van der Waals surface area contributed by atoms with Crippen LogP contribution in [0.2, 0.25) is 0 Å². The molecule has 10 heteroatoms. The summed E-state index contributed by atoms with van der Waals surface area (Å²) in [5, 5.41) is 11.6. The number of rotatable bonds is 5. The first-order valence-corrected chi connectivity index (χ1v) is 12.4. The molecule has 166 valence electrons. The molecule has 0 aliphatic carbocycles. The number of sulfonamides is 1. The van der Waals surface area contributed by atoms with Crippen molar-refractivity contribution in [3.05, 3.63) is 24.3 Å². The summed E-state index contributed by atoms with van der Waals surface area (Å²) in [7, 11) is -3.11. The van der Waals surface area contributed by atoms with E-state index >= 15 is 0 Å². The number of nitrogens with one attached hydrogen (secondary N) is 1. The van der Waals surface area contributed by atoms with Gasteiger partial charge in [0.05, 0.1) is 12.9 Å². The van der Waals surface area contributed by atoms with Gasteiger partial charge in [-0.15, -0.1) is 0 Å². The van der Waals surface area contributed by atoms with Gasteiger partial charge >= 0.3 is 6.03 Å². The fraction of sp³-hybridized carbons (Fsp3) is 0.650. The van der Waals surface area contributed by atoms with Crippen LogP contribution < -0.4 is 15.1 Å². The predicted octanol–water partition coefficient (Wildman–Crippen LogP) is -0.162. The highest BCUT2D eigenvalue weighted by molar-refractivity contribution is 7.88. The van der Waals surface area contributed by atoms with Gasteiger partial charge in [-0.25, -0.2) is 13.2 Å². The lowest BCUT2D eigenvalue weighted by Crippen LogP contribution is -2.48. The molecule has 4 rings (SSSR count). The zero-order valence-electron chi connectivity index (χ0n) is 17.4. The molecule has 3 heterocycles. The van der Waals surface area contributed by atoms with Crippen LogP contribution in [0.25, 0.3) is 0 Å². The molecule has 0 aromatic heterocycles. The molecule has 3 aliphatic heterocycles. The Morgan fingerprint density at radius 3 is 2.00 bits per heavy atom. The molecule has 9 nitrogen and oxygen atoms in total. The number of carbonyl (C=O) groups excluding carboxylic acids is 1. The van der Waals surface area contributed by atoms with E-state index in [0.29, 0.717) is 44.6 Å². The minimum absolute atomic E-state index is 0.0381. The van der Waals surface area contributed by atoms with E-state index in [-0.39, 0.29) is 12.6 Å².